The van der Waals surface area contributed by atoms with Crippen LogP contribution < -0.4 is 14.2 Å². The predicted molar refractivity (Wildman–Crippen MR) is 131 cm³/mol. The monoisotopic (exact) mass is 475 g/mol. The zero-order valence-corrected chi connectivity index (χ0v) is 21.4. The minimum atomic E-state index is -1.17. The summed E-state index contributed by atoms with van der Waals surface area (Å²) in [7, 11) is 4.70. The van der Waals surface area contributed by atoms with Gasteiger partial charge < -0.3 is 24.2 Å². The molecule has 7 heteroatoms. The number of rotatable bonds is 9. The average molecular weight is 476 g/mol. The number of carboxylic acids is 1. The molecule has 190 valence electrons. The van der Waals surface area contributed by atoms with E-state index in [0.29, 0.717) is 36.6 Å². The van der Waals surface area contributed by atoms with Gasteiger partial charge in [0.15, 0.2) is 11.5 Å². The standard InChI is InChI=1S/C27H41NO6/c1-6-18(2)27(26(30)31)14-10-11-15-28(27)25(29)23(19-12-8-7-9-13-19)20-16-21(32-3)24(34-5)22(17-20)33-4/h16-19,23H,6-15H2,1-5H3,(H,30,31). The third-order valence-electron chi connectivity index (χ3n) is 8.17. The lowest BCUT2D eigenvalue weighted by molar-refractivity contribution is -0.168. The number of carbonyl (C=O) groups is 2. The highest BCUT2D eigenvalue weighted by Gasteiger charge is 2.53. The van der Waals surface area contributed by atoms with Gasteiger partial charge in [0, 0.05) is 6.54 Å². The molecule has 2 fully saturated rings. The molecule has 1 aliphatic heterocycles. The molecule has 0 bridgehead atoms. The van der Waals surface area contributed by atoms with E-state index in [1.807, 2.05) is 26.0 Å². The van der Waals surface area contributed by atoms with Gasteiger partial charge in [-0.25, -0.2) is 4.79 Å². The molecule has 34 heavy (non-hydrogen) atoms. The van der Waals surface area contributed by atoms with E-state index in [0.717, 1.165) is 44.1 Å². The highest BCUT2D eigenvalue weighted by Crippen LogP contribution is 2.46. The molecule has 1 N–H and O–H groups in total. The molecule has 3 rings (SSSR count). The fourth-order valence-corrected chi connectivity index (χ4v) is 6.12. The Bertz CT molecular complexity index is 840. The summed E-state index contributed by atoms with van der Waals surface area (Å²) in [4.78, 5) is 28.9. The van der Waals surface area contributed by atoms with Crippen LogP contribution in [0.4, 0.5) is 0 Å². The van der Waals surface area contributed by atoms with E-state index in [9.17, 15) is 14.7 Å². The van der Waals surface area contributed by atoms with Crippen LogP contribution in [-0.2, 0) is 9.59 Å². The van der Waals surface area contributed by atoms with E-state index >= 15 is 0 Å². The van der Waals surface area contributed by atoms with Crippen LogP contribution in [0.1, 0.15) is 83.1 Å². The summed E-state index contributed by atoms with van der Waals surface area (Å²) in [6.45, 7) is 4.45. The Morgan fingerprint density at radius 3 is 2.15 bits per heavy atom. The van der Waals surface area contributed by atoms with Crippen molar-refractivity contribution in [3.63, 3.8) is 0 Å². The Morgan fingerprint density at radius 1 is 1.03 bits per heavy atom. The van der Waals surface area contributed by atoms with Crippen LogP contribution in [0.3, 0.4) is 0 Å². The maximum absolute atomic E-state index is 14.4. The Hall–Kier alpha value is -2.44. The molecule has 1 amide bonds. The van der Waals surface area contributed by atoms with Crippen molar-refractivity contribution in [2.75, 3.05) is 27.9 Å². The van der Waals surface area contributed by atoms with Crippen LogP contribution in [0, 0.1) is 11.8 Å². The van der Waals surface area contributed by atoms with Gasteiger partial charge >= 0.3 is 5.97 Å². The van der Waals surface area contributed by atoms with Gasteiger partial charge in [0.2, 0.25) is 11.7 Å². The second-order valence-corrected chi connectivity index (χ2v) is 9.82. The minimum absolute atomic E-state index is 0.0800. The summed E-state index contributed by atoms with van der Waals surface area (Å²) in [5, 5.41) is 10.5. The number of likely N-dealkylation sites (tertiary alicyclic amines) is 1. The summed E-state index contributed by atoms with van der Waals surface area (Å²) < 4.78 is 16.7. The number of carboxylic acid groups (broad SMARTS) is 1. The predicted octanol–water partition coefficient (Wildman–Crippen LogP) is 5.26. The number of nitrogens with zero attached hydrogens (tertiary/aromatic N) is 1. The van der Waals surface area contributed by atoms with Crippen LogP contribution in [-0.4, -0.2) is 55.3 Å². The number of ether oxygens (including phenoxy) is 3. The summed E-state index contributed by atoms with van der Waals surface area (Å²) in [6.07, 6.45) is 8.06. The van der Waals surface area contributed by atoms with Crippen molar-refractivity contribution in [1.82, 2.24) is 4.90 Å². The lowest BCUT2D eigenvalue weighted by Gasteiger charge is -2.49. The Morgan fingerprint density at radius 2 is 1.65 bits per heavy atom. The SMILES string of the molecule is CCC(C)C1(C(=O)O)CCCCN1C(=O)C(c1cc(OC)c(OC)c(OC)c1)C1CCCCC1. The Labute approximate surface area is 203 Å². The third kappa shape index (κ3) is 4.71. The minimum Gasteiger partial charge on any atom is -0.493 e. The number of benzene rings is 1. The third-order valence-corrected chi connectivity index (χ3v) is 8.17. The van der Waals surface area contributed by atoms with E-state index < -0.39 is 17.4 Å². The van der Waals surface area contributed by atoms with Crippen molar-refractivity contribution in [2.45, 2.75) is 83.1 Å². The quantitative estimate of drug-likeness (QED) is 0.524. The van der Waals surface area contributed by atoms with Crippen LogP contribution in [0.5, 0.6) is 17.2 Å². The molecule has 0 spiro atoms. The number of carbonyl (C=O) groups excluding carboxylic acids is 1. The van der Waals surface area contributed by atoms with Crippen molar-refractivity contribution in [3.05, 3.63) is 17.7 Å². The molecule has 1 saturated heterocycles. The Kier molecular flexibility index (Phi) is 8.72. The largest absolute Gasteiger partial charge is 0.493 e. The summed E-state index contributed by atoms with van der Waals surface area (Å²) in [5.41, 5.74) is -0.363. The van der Waals surface area contributed by atoms with Crippen molar-refractivity contribution >= 4 is 11.9 Å². The first-order valence-electron chi connectivity index (χ1n) is 12.7. The van der Waals surface area contributed by atoms with E-state index in [2.05, 4.69) is 0 Å². The smallest absolute Gasteiger partial charge is 0.329 e. The van der Waals surface area contributed by atoms with E-state index in [1.165, 1.54) is 6.42 Å². The van der Waals surface area contributed by atoms with Gasteiger partial charge in [-0.15, -0.1) is 0 Å². The van der Waals surface area contributed by atoms with Gasteiger partial charge in [-0.1, -0.05) is 39.5 Å². The maximum Gasteiger partial charge on any atom is 0.329 e. The molecule has 7 nitrogen and oxygen atoms in total. The Balaban J connectivity index is 2.14. The first kappa shape index (κ1) is 26.2. The molecular weight excluding hydrogens is 434 g/mol. The molecule has 2 aliphatic rings. The molecule has 3 unspecified atom stereocenters. The summed E-state index contributed by atoms with van der Waals surface area (Å²) in [6, 6.07) is 3.74. The van der Waals surface area contributed by atoms with Crippen molar-refractivity contribution < 1.29 is 28.9 Å². The number of piperidine rings is 1. The molecule has 0 aromatic heterocycles. The highest BCUT2D eigenvalue weighted by molar-refractivity contribution is 5.91. The first-order valence-corrected chi connectivity index (χ1v) is 12.7. The lowest BCUT2D eigenvalue weighted by atomic mass is 9.72. The summed E-state index contributed by atoms with van der Waals surface area (Å²) in [5.74, 6) is 0.100. The number of aliphatic carboxylic acids is 1. The van der Waals surface area contributed by atoms with Gasteiger partial charge in [0.1, 0.15) is 5.54 Å². The van der Waals surface area contributed by atoms with Gasteiger partial charge in [0.05, 0.1) is 27.2 Å². The molecule has 1 aromatic rings. The fraction of sp³-hybridized carbons (Fsp3) is 0.704. The first-order chi connectivity index (χ1) is 16.3. The highest BCUT2D eigenvalue weighted by atomic mass is 16.5. The number of methoxy groups -OCH3 is 3. The normalized spacial score (nSPS) is 23.1. The number of amides is 1. The number of hydrogen-bond acceptors (Lipinski definition) is 5. The van der Waals surface area contributed by atoms with Gasteiger partial charge in [-0.05, 0) is 61.6 Å². The maximum atomic E-state index is 14.4. The molecule has 3 atom stereocenters. The van der Waals surface area contributed by atoms with Crippen LogP contribution in [0.15, 0.2) is 12.1 Å². The number of hydrogen-bond donors (Lipinski definition) is 1. The van der Waals surface area contributed by atoms with Gasteiger partial charge in [-0.2, -0.15) is 0 Å². The average Bonchev–Trinajstić information content (AvgIpc) is 2.87. The van der Waals surface area contributed by atoms with E-state index in [4.69, 9.17) is 14.2 Å². The lowest BCUT2D eigenvalue weighted by Crippen LogP contribution is -2.64. The molecule has 1 heterocycles. The zero-order valence-electron chi connectivity index (χ0n) is 21.4. The second-order valence-electron chi connectivity index (χ2n) is 9.82. The van der Waals surface area contributed by atoms with Crippen LogP contribution in [0.2, 0.25) is 0 Å². The van der Waals surface area contributed by atoms with Gasteiger partial charge in [0.25, 0.3) is 0 Å². The van der Waals surface area contributed by atoms with Crippen LogP contribution >= 0.6 is 0 Å². The van der Waals surface area contributed by atoms with E-state index in [1.54, 1.807) is 26.2 Å². The fourth-order valence-electron chi connectivity index (χ4n) is 6.12. The van der Waals surface area contributed by atoms with Crippen molar-refractivity contribution in [3.8, 4) is 17.2 Å². The van der Waals surface area contributed by atoms with Crippen molar-refractivity contribution in [2.24, 2.45) is 11.8 Å². The van der Waals surface area contributed by atoms with Gasteiger partial charge in [-0.3, -0.25) is 4.79 Å². The summed E-state index contributed by atoms with van der Waals surface area (Å²) >= 11 is 0. The second kappa shape index (κ2) is 11.3. The molecule has 1 saturated carbocycles. The molecular formula is C27H41NO6. The zero-order chi connectivity index (χ0) is 24.9. The molecule has 1 aromatic carbocycles. The van der Waals surface area contributed by atoms with E-state index in [-0.39, 0.29) is 17.7 Å². The molecule has 0 radical (unpaired) electrons. The topological polar surface area (TPSA) is 85.3 Å². The van der Waals surface area contributed by atoms with Crippen molar-refractivity contribution in [1.29, 1.82) is 0 Å². The molecule has 1 aliphatic carbocycles. The van der Waals surface area contributed by atoms with Crippen LogP contribution in [0.25, 0.3) is 0 Å².